The Kier molecular flexibility index (Phi) is 7.62. The summed E-state index contributed by atoms with van der Waals surface area (Å²) in [5, 5.41) is 5.29. The number of rotatable bonds is 9. The van der Waals surface area contributed by atoms with E-state index in [0.29, 0.717) is 35.9 Å². The van der Waals surface area contributed by atoms with Gasteiger partial charge in [-0.1, -0.05) is 12.1 Å². The number of hydrogen-bond acceptors (Lipinski definition) is 5. The van der Waals surface area contributed by atoms with Crippen molar-refractivity contribution in [3.8, 4) is 17.2 Å². The molecule has 28 heavy (non-hydrogen) atoms. The molecule has 0 saturated heterocycles. The second-order valence-corrected chi connectivity index (χ2v) is 5.87. The summed E-state index contributed by atoms with van der Waals surface area (Å²) < 4.78 is 28.5. The Hall–Kier alpha value is -3.29. The zero-order valence-electron chi connectivity index (χ0n) is 16.0. The van der Waals surface area contributed by atoms with Gasteiger partial charge in [0.1, 0.15) is 12.2 Å². The topological polar surface area (TPSA) is 85.9 Å². The molecule has 150 valence electrons. The third-order valence-electron chi connectivity index (χ3n) is 3.92. The first-order valence-electron chi connectivity index (χ1n) is 8.57. The van der Waals surface area contributed by atoms with E-state index >= 15 is 0 Å². The van der Waals surface area contributed by atoms with Gasteiger partial charge in [-0.15, -0.1) is 0 Å². The molecular weight excluding hydrogens is 367 g/mol. The highest BCUT2D eigenvalue weighted by atomic mass is 19.1. The van der Waals surface area contributed by atoms with Crippen molar-refractivity contribution in [2.45, 2.75) is 12.8 Å². The van der Waals surface area contributed by atoms with Crippen LogP contribution in [0.2, 0.25) is 0 Å². The maximum atomic E-state index is 12.9. The van der Waals surface area contributed by atoms with Crippen LogP contribution < -0.4 is 24.8 Å². The van der Waals surface area contributed by atoms with E-state index in [4.69, 9.17) is 14.2 Å². The van der Waals surface area contributed by atoms with Crippen molar-refractivity contribution in [1.29, 1.82) is 0 Å². The molecule has 2 rings (SSSR count). The normalized spacial score (nSPS) is 10.1. The number of benzene rings is 2. The van der Waals surface area contributed by atoms with Gasteiger partial charge in [0.15, 0.2) is 11.5 Å². The molecule has 2 aromatic rings. The number of nitrogens with one attached hydrogen (secondary N) is 2. The highest BCUT2D eigenvalue weighted by Crippen LogP contribution is 2.39. The summed E-state index contributed by atoms with van der Waals surface area (Å²) in [7, 11) is 4.42. The van der Waals surface area contributed by atoms with E-state index in [9.17, 15) is 14.0 Å². The van der Waals surface area contributed by atoms with E-state index in [1.54, 1.807) is 24.3 Å². The molecule has 7 nitrogen and oxygen atoms in total. The zero-order valence-corrected chi connectivity index (χ0v) is 16.0. The molecule has 0 aliphatic rings. The summed E-state index contributed by atoms with van der Waals surface area (Å²) >= 11 is 0. The Morgan fingerprint density at radius 3 is 2.07 bits per heavy atom. The molecule has 0 aliphatic carbocycles. The summed E-state index contributed by atoms with van der Waals surface area (Å²) in [6.07, 6.45) is 0.209. The summed E-state index contributed by atoms with van der Waals surface area (Å²) in [6.45, 7) is 0.349. The van der Waals surface area contributed by atoms with Gasteiger partial charge in [0, 0.05) is 24.4 Å². The molecule has 2 amide bonds. The van der Waals surface area contributed by atoms with Crippen LogP contribution in [0.5, 0.6) is 17.2 Å². The van der Waals surface area contributed by atoms with Crippen LogP contribution in [0, 0.1) is 5.82 Å². The molecule has 0 bridgehead atoms. The van der Waals surface area contributed by atoms with Crippen LogP contribution in [0.15, 0.2) is 36.4 Å². The van der Waals surface area contributed by atoms with Crippen molar-refractivity contribution < 1.29 is 28.2 Å². The molecular formula is C20H23FN2O5. The number of carbonyl (C=O) groups is 2. The third-order valence-corrected chi connectivity index (χ3v) is 3.92. The highest BCUT2D eigenvalue weighted by Gasteiger charge is 2.15. The SMILES string of the molecule is COc1cc(NC(=O)CC(=O)NCCc2ccc(F)cc2)cc(OC)c1OC. The minimum Gasteiger partial charge on any atom is -0.493 e. The molecule has 2 N–H and O–H groups in total. The van der Waals surface area contributed by atoms with Crippen LogP contribution in [0.4, 0.5) is 10.1 Å². The highest BCUT2D eigenvalue weighted by molar-refractivity contribution is 6.03. The second-order valence-electron chi connectivity index (χ2n) is 5.87. The quantitative estimate of drug-likeness (QED) is 0.643. The lowest BCUT2D eigenvalue weighted by Crippen LogP contribution is -2.29. The molecule has 0 fully saturated rings. The van der Waals surface area contributed by atoms with Crippen LogP contribution in [0.1, 0.15) is 12.0 Å². The van der Waals surface area contributed by atoms with Crippen LogP contribution in [-0.2, 0) is 16.0 Å². The number of anilines is 1. The monoisotopic (exact) mass is 390 g/mol. The summed E-state index contributed by atoms with van der Waals surface area (Å²) in [5.41, 5.74) is 1.31. The van der Waals surface area contributed by atoms with E-state index in [1.807, 2.05) is 0 Å². The molecule has 8 heteroatoms. The number of hydrogen-bond donors (Lipinski definition) is 2. The lowest BCUT2D eigenvalue weighted by molar-refractivity contribution is -0.126. The molecule has 0 saturated carbocycles. The van der Waals surface area contributed by atoms with Crippen molar-refractivity contribution in [1.82, 2.24) is 5.32 Å². The van der Waals surface area contributed by atoms with Gasteiger partial charge in [0.05, 0.1) is 21.3 Å². The van der Waals surface area contributed by atoms with Crippen LogP contribution in [0.25, 0.3) is 0 Å². The van der Waals surface area contributed by atoms with Crippen molar-refractivity contribution >= 4 is 17.5 Å². The number of halogens is 1. The molecule has 0 unspecified atom stereocenters. The van der Waals surface area contributed by atoms with Crippen LogP contribution >= 0.6 is 0 Å². The average Bonchev–Trinajstić information content (AvgIpc) is 2.68. The number of ether oxygens (including phenoxy) is 3. The maximum absolute atomic E-state index is 12.9. The predicted octanol–water partition coefficient (Wildman–Crippen LogP) is 2.54. The molecule has 0 aliphatic heterocycles. The minimum atomic E-state index is -0.478. The Balaban J connectivity index is 1.87. The van der Waals surface area contributed by atoms with E-state index < -0.39 is 11.8 Å². The fourth-order valence-electron chi connectivity index (χ4n) is 2.56. The zero-order chi connectivity index (χ0) is 20.5. The van der Waals surface area contributed by atoms with Crippen molar-refractivity contribution in [2.75, 3.05) is 33.2 Å². The smallest absolute Gasteiger partial charge is 0.233 e. The lowest BCUT2D eigenvalue weighted by Gasteiger charge is -2.14. The second kappa shape index (κ2) is 10.1. The van der Waals surface area contributed by atoms with Gasteiger partial charge in [-0.25, -0.2) is 4.39 Å². The van der Waals surface area contributed by atoms with Crippen molar-refractivity contribution in [3.05, 3.63) is 47.8 Å². The predicted molar refractivity (Wildman–Crippen MR) is 102 cm³/mol. The Bertz CT molecular complexity index is 799. The number of methoxy groups -OCH3 is 3. The molecule has 0 heterocycles. The van der Waals surface area contributed by atoms with E-state index in [0.717, 1.165) is 5.56 Å². The van der Waals surface area contributed by atoms with Gasteiger partial charge in [-0.2, -0.15) is 0 Å². The van der Waals surface area contributed by atoms with E-state index in [1.165, 1.54) is 33.5 Å². The Morgan fingerprint density at radius 1 is 0.929 bits per heavy atom. The first-order chi connectivity index (χ1) is 13.5. The fraction of sp³-hybridized carbons (Fsp3) is 0.300. The lowest BCUT2D eigenvalue weighted by atomic mass is 10.1. The Morgan fingerprint density at radius 2 is 1.54 bits per heavy atom. The molecule has 0 aromatic heterocycles. The van der Waals surface area contributed by atoms with Crippen molar-refractivity contribution in [3.63, 3.8) is 0 Å². The number of carbonyl (C=O) groups excluding carboxylic acids is 2. The minimum absolute atomic E-state index is 0.309. The van der Waals surface area contributed by atoms with Gasteiger partial charge in [-0.05, 0) is 24.1 Å². The van der Waals surface area contributed by atoms with E-state index in [-0.39, 0.29) is 12.2 Å². The first-order valence-corrected chi connectivity index (χ1v) is 8.57. The van der Waals surface area contributed by atoms with Gasteiger partial charge in [-0.3, -0.25) is 9.59 Å². The van der Waals surface area contributed by atoms with Gasteiger partial charge in [0.2, 0.25) is 17.6 Å². The van der Waals surface area contributed by atoms with Crippen molar-refractivity contribution in [2.24, 2.45) is 0 Å². The molecule has 2 aromatic carbocycles. The van der Waals surface area contributed by atoms with Gasteiger partial charge < -0.3 is 24.8 Å². The maximum Gasteiger partial charge on any atom is 0.233 e. The molecule has 0 radical (unpaired) electrons. The van der Waals surface area contributed by atoms with E-state index in [2.05, 4.69) is 10.6 Å². The number of amides is 2. The summed E-state index contributed by atoms with van der Waals surface area (Å²) in [4.78, 5) is 24.1. The summed E-state index contributed by atoms with van der Waals surface area (Å²) in [5.74, 6) is -0.0137. The molecule has 0 spiro atoms. The fourth-order valence-corrected chi connectivity index (χ4v) is 2.56. The van der Waals surface area contributed by atoms with Crippen LogP contribution in [-0.4, -0.2) is 39.7 Å². The van der Waals surface area contributed by atoms with Crippen LogP contribution in [0.3, 0.4) is 0 Å². The molecule has 0 atom stereocenters. The average molecular weight is 390 g/mol. The Labute approximate surface area is 162 Å². The summed E-state index contributed by atoms with van der Waals surface area (Å²) in [6, 6.07) is 9.18. The third kappa shape index (κ3) is 5.87. The largest absolute Gasteiger partial charge is 0.493 e. The first kappa shape index (κ1) is 21.0. The standard InChI is InChI=1S/C20H23FN2O5/c1-26-16-10-15(11-17(27-2)20(16)28-3)23-19(25)12-18(24)22-9-8-13-4-6-14(21)7-5-13/h4-7,10-11H,8-9,12H2,1-3H3,(H,22,24)(H,23,25). The van der Waals surface area contributed by atoms with Gasteiger partial charge >= 0.3 is 0 Å². The van der Waals surface area contributed by atoms with Gasteiger partial charge in [0.25, 0.3) is 0 Å².